The van der Waals surface area contributed by atoms with Crippen molar-refractivity contribution < 1.29 is 9.90 Å². The standard InChI is InChI=1S/C17H22N2O2/c1-13-7-8-15(12-14(13)4-3-9-18)17(21)19(10-11-20)16-5-2-6-16/h7-8,12,16,20H,2,5-6,9-11,18H2,1H3. The van der Waals surface area contributed by atoms with Gasteiger partial charge in [-0.15, -0.1) is 0 Å². The molecule has 1 aliphatic rings. The average Bonchev–Trinajstić information content (AvgIpc) is 2.43. The second kappa shape index (κ2) is 7.26. The number of carbonyl (C=O) groups excluding carboxylic acids is 1. The van der Waals surface area contributed by atoms with E-state index in [0.29, 0.717) is 18.7 Å². The number of amides is 1. The van der Waals surface area contributed by atoms with E-state index >= 15 is 0 Å². The number of hydrogen-bond acceptors (Lipinski definition) is 3. The second-order valence-electron chi connectivity index (χ2n) is 5.34. The fraction of sp³-hybridized carbons (Fsp3) is 0.471. The largest absolute Gasteiger partial charge is 0.395 e. The molecule has 1 aliphatic carbocycles. The highest BCUT2D eigenvalue weighted by Crippen LogP contribution is 2.26. The fourth-order valence-corrected chi connectivity index (χ4v) is 2.46. The van der Waals surface area contributed by atoms with Crippen LogP contribution < -0.4 is 5.73 Å². The van der Waals surface area contributed by atoms with Crippen molar-refractivity contribution in [3.8, 4) is 11.8 Å². The van der Waals surface area contributed by atoms with E-state index in [2.05, 4.69) is 11.8 Å². The number of rotatable bonds is 4. The third kappa shape index (κ3) is 3.63. The van der Waals surface area contributed by atoms with Crippen molar-refractivity contribution >= 4 is 5.91 Å². The van der Waals surface area contributed by atoms with Crippen LogP contribution >= 0.6 is 0 Å². The van der Waals surface area contributed by atoms with Crippen LogP contribution in [0.2, 0.25) is 0 Å². The van der Waals surface area contributed by atoms with Crippen LogP contribution in [0.5, 0.6) is 0 Å². The molecule has 1 saturated carbocycles. The molecule has 0 unspecified atom stereocenters. The van der Waals surface area contributed by atoms with Crippen LogP contribution in [0.3, 0.4) is 0 Å². The van der Waals surface area contributed by atoms with Crippen LogP contribution in [0.25, 0.3) is 0 Å². The number of hydrogen-bond donors (Lipinski definition) is 2. The Morgan fingerprint density at radius 2 is 2.24 bits per heavy atom. The Bertz CT molecular complexity index is 568. The molecule has 1 amide bonds. The van der Waals surface area contributed by atoms with Crippen LogP contribution in [-0.2, 0) is 0 Å². The van der Waals surface area contributed by atoms with Crippen molar-refractivity contribution in [2.75, 3.05) is 19.7 Å². The molecular formula is C17H22N2O2. The minimum Gasteiger partial charge on any atom is -0.395 e. The molecule has 4 nitrogen and oxygen atoms in total. The molecular weight excluding hydrogens is 264 g/mol. The quantitative estimate of drug-likeness (QED) is 0.820. The lowest BCUT2D eigenvalue weighted by Gasteiger charge is -2.37. The van der Waals surface area contributed by atoms with Gasteiger partial charge in [-0.05, 0) is 43.9 Å². The first-order valence-corrected chi connectivity index (χ1v) is 7.38. The first-order chi connectivity index (χ1) is 10.2. The van der Waals surface area contributed by atoms with E-state index in [4.69, 9.17) is 5.73 Å². The van der Waals surface area contributed by atoms with Gasteiger partial charge in [0.15, 0.2) is 0 Å². The molecule has 1 fully saturated rings. The summed E-state index contributed by atoms with van der Waals surface area (Å²) in [6, 6.07) is 5.83. The predicted octanol–water partition coefficient (Wildman–Crippen LogP) is 1.29. The van der Waals surface area contributed by atoms with Gasteiger partial charge in [-0.25, -0.2) is 0 Å². The van der Waals surface area contributed by atoms with E-state index in [9.17, 15) is 9.90 Å². The van der Waals surface area contributed by atoms with Gasteiger partial charge >= 0.3 is 0 Å². The number of aliphatic hydroxyl groups is 1. The lowest BCUT2D eigenvalue weighted by Crippen LogP contribution is -2.45. The Kier molecular flexibility index (Phi) is 5.38. The topological polar surface area (TPSA) is 66.6 Å². The molecule has 112 valence electrons. The van der Waals surface area contributed by atoms with Crippen LogP contribution in [-0.4, -0.2) is 41.7 Å². The van der Waals surface area contributed by atoms with Gasteiger partial charge in [0, 0.05) is 23.7 Å². The summed E-state index contributed by atoms with van der Waals surface area (Å²) < 4.78 is 0. The van der Waals surface area contributed by atoms with Gasteiger partial charge in [-0.1, -0.05) is 17.9 Å². The Morgan fingerprint density at radius 1 is 1.48 bits per heavy atom. The summed E-state index contributed by atoms with van der Waals surface area (Å²) in [6.07, 6.45) is 3.20. The van der Waals surface area contributed by atoms with Gasteiger partial charge in [0.05, 0.1) is 13.2 Å². The molecule has 2 rings (SSSR count). The van der Waals surface area contributed by atoms with Gasteiger partial charge < -0.3 is 15.7 Å². The molecule has 0 aliphatic heterocycles. The molecule has 0 saturated heterocycles. The molecule has 0 heterocycles. The number of nitrogens with two attached hydrogens (primary N) is 1. The first-order valence-electron chi connectivity index (χ1n) is 7.38. The normalized spacial score (nSPS) is 14.0. The number of nitrogens with zero attached hydrogens (tertiary/aromatic N) is 1. The van der Waals surface area contributed by atoms with Crippen molar-refractivity contribution in [2.24, 2.45) is 5.73 Å². The zero-order chi connectivity index (χ0) is 15.2. The lowest BCUT2D eigenvalue weighted by molar-refractivity contribution is 0.0526. The molecule has 0 atom stereocenters. The summed E-state index contributed by atoms with van der Waals surface area (Å²) in [6.45, 7) is 2.65. The summed E-state index contributed by atoms with van der Waals surface area (Å²) in [4.78, 5) is 14.4. The van der Waals surface area contributed by atoms with E-state index in [1.165, 1.54) is 0 Å². The molecule has 4 heteroatoms. The van der Waals surface area contributed by atoms with Gasteiger partial charge in [0.1, 0.15) is 0 Å². The predicted molar refractivity (Wildman–Crippen MR) is 82.9 cm³/mol. The maximum Gasteiger partial charge on any atom is 0.254 e. The molecule has 1 aromatic rings. The highest BCUT2D eigenvalue weighted by molar-refractivity contribution is 5.95. The van der Waals surface area contributed by atoms with Gasteiger partial charge in [0.2, 0.25) is 0 Å². The number of carbonyl (C=O) groups is 1. The molecule has 21 heavy (non-hydrogen) atoms. The van der Waals surface area contributed by atoms with Crippen LogP contribution in [0.15, 0.2) is 18.2 Å². The minimum atomic E-state index is -0.0236. The van der Waals surface area contributed by atoms with Crippen LogP contribution in [0, 0.1) is 18.8 Å². The Labute approximate surface area is 125 Å². The SMILES string of the molecule is Cc1ccc(C(=O)N(CCO)C2CCC2)cc1C#CCN. The lowest BCUT2D eigenvalue weighted by atomic mass is 9.90. The third-order valence-electron chi connectivity index (χ3n) is 3.93. The van der Waals surface area contributed by atoms with Crippen LogP contribution in [0.4, 0.5) is 0 Å². The van der Waals surface area contributed by atoms with E-state index < -0.39 is 0 Å². The smallest absolute Gasteiger partial charge is 0.254 e. The van der Waals surface area contributed by atoms with Crippen molar-refractivity contribution in [3.05, 3.63) is 34.9 Å². The molecule has 0 spiro atoms. The minimum absolute atomic E-state index is 0.00601. The second-order valence-corrected chi connectivity index (χ2v) is 5.34. The monoisotopic (exact) mass is 286 g/mol. The van der Waals surface area contributed by atoms with Crippen molar-refractivity contribution in [1.29, 1.82) is 0 Å². The zero-order valence-corrected chi connectivity index (χ0v) is 12.4. The van der Waals surface area contributed by atoms with E-state index in [1.807, 2.05) is 25.1 Å². The fourth-order valence-electron chi connectivity index (χ4n) is 2.46. The summed E-state index contributed by atoms with van der Waals surface area (Å²) in [5.74, 6) is 5.80. The average molecular weight is 286 g/mol. The maximum atomic E-state index is 12.6. The van der Waals surface area contributed by atoms with Gasteiger partial charge in [0.25, 0.3) is 5.91 Å². The van der Waals surface area contributed by atoms with Gasteiger partial charge in [-0.3, -0.25) is 4.79 Å². The van der Waals surface area contributed by atoms with Crippen molar-refractivity contribution in [2.45, 2.75) is 32.2 Å². The molecule has 1 aromatic carbocycles. The summed E-state index contributed by atoms with van der Waals surface area (Å²) in [7, 11) is 0. The van der Waals surface area contributed by atoms with E-state index in [-0.39, 0.29) is 18.6 Å². The van der Waals surface area contributed by atoms with Crippen molar-refractivity contribution in [3.63, 3.8) is 0 Å². The Balaban J connectivity index is 2.24. The molecule has 0 bridgehead atoms. The Morgan fingerprint density at radius 3 is 2.81 bits per heavy atom. The van der Waals surface area contributed by atoms with E-state index in [1.54, 1.807) is 4.90 Å². The highest BCUT2D eigenvalue weighted by atomic mass is 16.3. The third-order valence-corrected chi connectivity index (χ3v) is 3.93. The maximum absolute atomic E-state index is 12.6. The highest BCUT2D eigenvalue weighted by Gasteiger charge is 2.29. The summed E-state index contributed by atoms with van der Waals surface area (Å²) in [5, 5.41) is 9.19. The van der Waals surface area contributed by atoms with Crippen LogP contribution in [0.1, 0.15) is 40.7 Å². The van der Waals surface area contributed by atoms with E-state index in [0.717, 1.165) is 30.4 Å². The molecule has 0 aromatic heterocycles. The summed E-state index contributed by atoms with van der Waals surface area (Å²) >= 11 is 0. The van der Waals surface area contributed by atoms with Crippen molar-refractivity contribution in [1.82, 2.24) is 4.90 Å². The van der Waals surface area contributed by atoms with Gasteiger partial charge in [-0.2, -0.15) is 0 Å². The molecule has 3 N–H and O–H groups in total. The first kappa shape index (κ1) is 15.6. The number of aryl methyl sites for hydroxylation is 1. The summed E-state index contributed by atoms with van der Waals surface area (Å²) in [5.41, 5.74) is 7.90. The Hall–Kier alpha value is -1.83. The molecule has 0 radical (unpaired) electrons. The number of aliphatic hydroxyl groups excluding tert-OH is 1. The number of benzene rings is 1. The zero-order valence-electron chi connectivity index (χ0n) is 12.4.